The third kappa shape index (κ3) is 9.80. The highest BCUT2D eigenvalue weighted by molar-refractivity contribution is 4.54. The molecule has 0 atom stereocenters. The Balaban J connectivity index is 3.15. The molecule has 0 aromatic carbocycles. The van der Waals surface area contributed by atoms with Crippen molar-refractivity contribution in [2.75, 3.05) is 47.4 Å². The summed E-state index contributed by atoms with van der Waals surface area (Å²) in [5, 5.41) is 8.59. The maximum Gasteiger partial charge on any atom is 0.0431 e. The van der Waals surface area contributed by atoms with E-state index in [1.165, 1.54) is 6.42 Å². The largest absolute Gasteiger partial charge is 0.396 e. The van der Waals surface area contributed by atoms with E-state index in [0.717, 1.165) is 32.5 Å². The van der Waals surface area contributed by atoms with Crippen molar-refractivity contribution >= 4 is 0 Å². The Labute approximate surface area is 82.3 Å². The number of aliphatic hydroxyl groups is 1. The van der Waals surface area contributed by atoms with E-state index >= 15 is 0 Å². The molecule has 0 heterocycles. The third-order valence-electron chi connectivity index (χ3n) is 2.13. The molecule has 0 rings (SSSR count). The summed E-state index contributed by atoms with van der Waals surface area (Å²) < 4.78 is 0. The summed E-state index contributed by atoms with van der Waals surface area (Å²) >= 11 is 0. The number of nitrogens with zero attached hydrogens (tertiary/aromatic N) is 2. The Kier molecular flexibility index (Phi) is 8.40. The molecular weight excluding hydrogens is 164 g/mol. The van der Waals surface area contributed by atoms with Gasteiger partial charge in [0.2, 0.25) is 0 Å². The summed E-state index contributed by atoms with van der Waals surface area (Å²) in [4.78, 5) is 4.54. The van der Waals surface area contributed by atoms with Gasteiger partial charge in [0.05, 0.1) is 0 Å². The van der Waals surface area contributed by atoms with Gasteiger partial charge in [-0.15, -0.1) is 0 Å². The maximum atomic E-state index is 8.59. The average molecular weight is 188 g/mol. The molecule has 3 nitrogen and oxygen atoms in total. The Morgan fingerprint density at radius 2 is 1.54 bits per heavy atom. The Hall–Kier alpha value is -0.120. The molecule has 0 aliphatic carbocycles. The lowest BCUT2D eigenvalue weighted by Crippen LogP contribution is -2.29. The van der Waals surface area contributed by atoms with Crippen LogP contribution in [0.25, 0.3) is 0 Å². The van der Waals surface area contributed by atoms with Gasteiger partial charge in [0, 0.05) is 19.7 Å². The fourth-order valence-electron chi connectivity index (χ4n) is 1.15. The summed E-state index contributed by atoms with van der Waals surface area (Å²) in [6.07, 6.45) is 3.29. The second-order valence-corrected chi connectivity index (χ2v) is 3.89. The second-order valence-electron chi connectivity index (χ2n) is 3.89. The lowest BCUT2D eigenvalue weighted by molar-refractivity contribution is 0.260. The zero-order chi connectivity index (χ0) is 10.1. The zero-order valence-electron chi connectivity index (χ0n) is 9.29. The van der Waals surface area contributed by atoms with Gasteiger partial charge in [0.1, 0.15) is 0 Å². The molecule has 0 saturated heterocycles. The summed E-state index contributed by atoms with van der Waals surface area (Å²) in [6.45, 7) is 3.73. The standard InChI is InChI=1S/C10H24N2O/c1-11(2)8-9-12(3)7-5-4-6-10-13/h13H,4-10H2,1-3H3. The number of unbranched alkanes of at least 4 members (excludes halogenated alkanes) is 2. The first-order chi connectivity index (χ1) is 6.16. The first kappa shape index (κ1) is 12.9. The third-order valence-corrected chi connectivity index (χ3v) is 2.13. The van der Waals surface area contributed by atoms with Gasteiger partial charge in [-0.3, -0.25) is 0 Å². The van der Waals surface area contributed by atoms with Crippen LogP contribution in [0.4, 0.5) is 0 Å². The van der Waals surface area contributed by atoms with E-state index in [2.05, 4.69) is 30.9 Å². The number of likely N-dealkylation sites (N-methyl/N-ethyl adjacent to an activating group) is 2. The van der Waals surface area contributed by atoms with E-state index in [1.54, 1.807) is 0 Å². The minimum atomic E-state index is 0.335. The molecule has 80 valence electrons. The van der Waals surface area contributed by atoms with Gasteiger partial charge < -0.3 is 14.9 Å². The van der Waals surface area contributed by atoms with Crippen molar-refractivity contribution in [3.05, 3.63) is 0 Å². The van der Waals surface area contributed by atoms with E-state index in [-0.39, 0.29) is 0 Å². The summed E-state index contributed by atoms with van der Waals surface area (Å²) in [5.74, 6) is 0. The lowest BCUT2D eigenvalue weighted by Gasteiger charge is -2.18. The zero-order valence-corrected chi connectivity index (χ0v) is 9.29. The molecular formula is C10H24N2O. The molecule has 0 spiro atoms. The lowest BCUT2D eigenvalue weighted by atomic mass is 10.2. The smallest absolute Gasteiger partial charge is 0.0431 e. The molecule has 0 aliphatic heterocycles. The normalized spacial score (nSPS) is 11.5. The molecule has 0 unspecified atom stereocenters. The monoisotopic (exact) mass is 188 g/mol. The average Bonchev–Trinajstić information content (AvgIpc) is 2.09. The van der Waals surface area contributed by atoms with Crippen LogP contribution in [0.1, 0.15) is 19.3 Å². The topological polar surface area (TPSA) is 26.7 Å². The van der Waals surface area contributed by atoms with E-state index in [9.17, 15) is 0 Å². The first-order valence-corrected chi connectivity index (χ1v) is 5.11. The van der Waals surface area contributed by atoms with Crippen LogP contribution in [0.15, 0.2) is 0 Å². The molecule has 0 saturated carbocycles. The number of aliphatic hydroxyl groups excluding tert-OH is 1. The second kappa shape index (κ2) is 8.48. The fourth-order valence-corrected chi connectivity index (χ4v) is 1.15. The van der Waals surface area contributed by atoms with Crippen LogP contribution in [0.5, 0.6) is 0 Å². The Morgan fingerprint density at radius 3 is 2.08 bits per heavy atom. The van der Waals surface area contributed by atoms with Crippen molar-refractivity contribution in [1.29, 1.82) is 0 Å². The summed E-state index contributed by atoms with van der Waals surface area (Å²) in [6, 6.07) is 0. The van der Waals surface area contributed by atoms with Crippen molar-refractivity contribution in [3.63, 3.8) is 0 Å². The first-order valence-electron chi connectivity index (χ1n) is 5.11. The molecule has 0 bridgehead atoms. The highest BCUT2D eigenvalue weighted by atomic mass is 16.2. The predicted octanol–water partition coefficient (Wildman–Crippen LogP) is 0.642. The van der Waals surface area contributed by atoms with Gasteiger partial charge in [-0.1, -0.05) is 0 Å². The molecule has 0 aromatic heterocycles. The minimum absolute atomic E-state index is 0.335. The quantitative estimate of drug-likeness (QED) is 0.566. The van der Waals surface area contributed by atoms with Crippen molar-refractivity contribution in [3.8, 4) is 0 Å². The SMILES string of the molecule is CN(C)CCN(C)CCCCCO. The summed E-state index contributed by atoms with van der Waals surface area (Å²) in [7, 11) is 6.35. The summed E-state index contributed by atoms with van der Waals surface area (Å²) in [5.41, 5.74) is 0. The fraction of sp³-hybridized carbons (Fsp3) is 1.00. The minimum Gasteiger partial charge on any atom is -0.396 e. The van der Waals surface area contributed by atoms with Crippen LogP contribution in [0.2, 0.25) is 0 Å². The Morgan fingerprint density at radius 1 is 0.846 bits per heavy atom. The molecule has 0 aliphatic rings. The Bertz CT molecular complexity index is 107. The van der Waals surface area contributed by atoms with Crippen LogP contribution in [-0.2, 0) is 0 Å². The van der Waals surface area contributed by atoms with E-state index in [0.29, 0.717) is 6.61 Å². The van der Waals surface area contributed by atoms with Crippen LogP contribution in [-0.4, -0.2) is 62.3 Å². The number of hydrogen-bond acceptors (Lipinski definition) is 3. The molecule has 1 N–H and O–H groups in total. The van der Waals surface area contributed by atoms with E-state index in [4.69, 9.17) is 5.11 Å². The van der Waals surface area contributed by atoms with E-state index in [1.807, 2.05) is 0 Å². The van der Waals surface area contributed by atoms with Gasteiger partial charge in [0.15, 0.2) is 0 Å². The van der Waals surface area contributed by atoms with E-state index < -0.39 is 0 Å². The van der Waals surface area contributed by atoms with Crippen molar-refractivity contribution in [2.24, 2.45) is 0 Å². The van der Waals surface area contributed by atoms with Gasteiger partial charge in [-0.25, -0.2) is 0 Å². The highest BCUT2D eigenvalue weighted by Crippen LogP contribution is 1.96. The van der Waals surface area contributed by atoms with Crippen molar-refractivity contribution < 1.29 is 5.11 Å². The van der Waals surface area contributed by atoms with Crippen molar-refractivity contribution in [1.82, 2.24) is 9.80 Å². The van der Waals surface area contributed by atoms with Gasteiger partial charge in [-0.2, -0.15) is 0 Å². The molecule has 0 aromatic rings. The van der Waals surface area contributed by atoms with Gasteiger partial charge in [0.25, 0.3) is 0 Å². The highest BCUT2D eigenvalue weighted by Gasteiger charge is 1.98. The number of hydrogen-bond donors (Lipinski definition) is 1. The van der Waals surface area contributed by atoms with Crippen LogP contribution < -0.4 is 0 Å². The van der Waals surface area contributed by atoms with Crippen LogP contribution >= 0.6 is 0 Å². The van der Waals surface area contributed by atoms with Crippen LogP contribution in [0.3, 0.4) is 0 Å². The van der Waals surface area contributed by atoms with Gasteiger partial charge in [-0.05, 0) is 47.0 Å². The number of rotatable bonds is 8. The maximum absolute atomic E-state index is 8.59. The predicted molar refractivity (Wildman–Crippen MR) is 57.0 cm³/mol. The molecule has 13 heavy (non-hydrogen) atoms. The van der Waals surface area contributed by atoms with Crippen molar-refractivity contribution in [2.45, 2.75) is 19.3 Å². The molecule has 3 heteroatoms. The van der Waals surface area contributed by atoms with Crippen LogP contribution in [0, 0.1) is 0 Å². The molecule has 0 amide bonds. The molecule has 0 radical (unpaired) electrons. The van der Waals surface area contributed by atoms with Gasteiger partial charge >= 0.3 is 0 Å². The molecule has 0 fully saturated rings.